The molecule has 72 valence electrons. The fourth-order valence-corrected chi connectivity index (χ4v) is 1.39. The molecule has 0 spiro atoms. The van der Waals surface area contributed by atoms with Crippen LogP contribution in [0.1, 0.15) is 13.8 Å². The van der Waals surface area contributed by atoms with Crippen molar-refractivity contribution in [3.8, 4) is 0 Å². The molecule has 0 saturated carbocycles. The zero-order valence-corrected chi connectivity index (χ0v) is 8.60. The zero-order chi connectivity index (χ0) is 10.1. The van der Waals surface area contributed by atoms with E-state index in [4.69, 9.17) is 12.2 Å². The molecule has 0 saturated heterocycles. The van der Waals surface area contributed by atoms with Gasteiger partial charge in [0.05, 0.1) is 0 Å². The summed E-state index contributed by atoms with van der Waals surface area (Å²) in [5, 5.41) is 8.93. The van der Waals surface area contributed by atoms with Gasteiger partial charge in [-0.3, -0.25) is 14.5 Å². The molecule has 5 nitrogen and oxygen atoms in total. The van der Waals surface area contributed by atoms with Crippen LogP contribution in [0.3, 0.4) is 0 Å². The van der Waals surface area contributed by atoms with E-state index in [-0.39, 0.29) is 5.91 Å². The molecule has 6 heteroatoms. The Morgan fingerprint density at radius 1 is 1.77 bits per heavy atom. The number of H-pyrrole nitrogens is 1. The average Bonchev–Trinajstić information content (AvgIpc) is 2.50. The Labute approximate surface area is 81.2 Å². The number of likely N-dealkylation sites (N-methyl/N-ethyl adjacent to an activating group) is 1. The van der Waals surface area contributed by atoms with E-state index < -0.39 is 5.54 Å². The predicted octanol–water partition coefficient (Wildman–Crippen LogP) is 0.422. The van der Waals surface area contributed by atoms with E-state index in [1.54, 1.807) is 25.5 Å². The molecule has 0 radical (unpaired) electrons. The minimum absolute atomic E-state index is 0.106. The van der Waals surface area contributed by atoms with Gasteiger partial charge in [0.15, 0.2) is 4.77 Å². The molecule has 13 heavy (non-hydrogen) atoms. The SMILES string of the molecule is CNC(=O)C(C)(C)n1cn[nH]c1=S. The number of aromatic nitrogens is 3. The molecule has 1 heterocycles. The Bertz CT molecular complexity index is 365. The molecule has 0 aliphatic heterocycles. The maximum atomic E-state index is 11.5. The second kappa shape index (κ2) is 3.29. The average molecular weight is 200 g/mol. The van der Waals surface area contributed by atoms with Gasteiger partial charge in [-0.15, -0.1) is 0 Å². The van der Waals surface area contributed by atoms with Crippen LogP contribution in [0.4, 0.5) is 0 Å². The van der Waals surface area contributed by atoms with Crippen LogP contribution in [0, 0.1) is 4.77 Å². The summed E-state index contributed by atoms with van der Waals surface area (Å²) in [6.45, 7) is 3.55. The van der Waals surface area contributed by atoms with Gasteiger partial charge in [0, 0.05) is 7.05 Å². The van der Waals surface area contributed by atoms with Crippen LogP contribution < -0.4 is 5.32 Å². The molecule has 1 aromatic rings. The van der Waals surface area contributed by atoms with Crippen LogP contribution >= 0.6 is 12.2 Å². The molecule has 1 aromatic heterocycles. The Hall–Kier alpha value is -1.17. The van der Waals surface area contributed by atoms with Crippen molar-refractivity contribution < 1.29 is 4.79 Å². The fourth-order valence-electron chi connectivity index (χ4n) is 1.06. The minimum Gasteiger partial charge on any atom is -0.357 e. The summed E-state index contributed by atoms with van der Waals surface area (Å²) in [6.07, 6.45) is 1.51. The third kappa shape index (κ3) is 1.62. The number of nitrogens with one attached hydrogen (secondary N) is 2. The van der Waals surface area contributed by atoms with Crippen molar-refractivity contribution in [1.29, 1.82) is 0 Å². The normalized spacial score (nSPS) is 11.3. The highest BCUT2D eigenvalue weighted by Gasteiger charge is 2.29. The lowest BCUT2D eigenvalue weighted by atomic mass is 10.1. The van der Waals surface area contributed by atoms with Gasteiger partial charge in [-0.1, -0.05) is 0 Å². The number of hydrogen-bond acceptors (Lipinski definition) is 3. The van der Waals surface area contributed by atoms with E-state index in [0.29, 0.717) is 4.77 Å². The first-order valence-electron chi connectivity index (χ1n) is 3.85. The molecule has 0 unspecified atom stereocenters. The number of aromatic amines is 1. The maximum Gasteiger partial charge on any atom is 0.245 e. The van der Waals surface area contributed by atoms with Crippen molar-refractivity contribution in [2.75, 3.05) is 7.05 Å². The second-order valence-corrected chi connectivity index (χ2v) is 3.56. The summed E-state index contributed by atoms with van der Waals surface area (Å²) in [6, 6.07) is 0. The molecule has 0 aromatic carbocycles. The summed E-state index contributed by atoms with van der Waals surface area (Å²) in [7, 11) is 1.59. The smallest absolute Gasteiger partial charge is 0.245 e. The van der Waals surface area contributed by atoms with E-state index in [2.05, 4.69) is 15.5 Å². The first-order valence-corrected chi connectivity index (χ1v) is 4.25. The fraction of sp³-hybridized carbons (Fsp3) is 0.571. The molecule has 0 bridgehead atoms. The Morgan fingerprint density at radius 2 is 2.38 bits per heavy atom. The van der Waals surface area contributed by atoms with Crippen molar-refractivity contribution in [2.45, 2.75) is 19.4 Å². The van der Waals surface area contributed by atoms with Crippen LogP contribution in [0.5, 0.6) is 0 Å². The summed E-state index contributed by atoms with van der Waals surface area (Å²) >= 11 is 4.97. The van der Waals surface area contributed by atoms with Crippen molar-refractivity contribution in [3.63, 3.8) is 0 Å². The molecule has 1 amide bonds. The lowest BCUT2D eigenvalue weighted by molar-refractivity contribution is -0.127. The molecule has 0 atom stereocenters. The van der Waals surface area contributed by atoms with Gasteiger partial charge < -0.3 is 5.32 Å². The summed E-state index contributed by atoms with van der Waals surface area (Å²) in [4.78, 5) is 11.5. The minimum atomic E-state index is -0.709. The van der Waals surface area contributed by atoms with Crippen molar-refractivity contribution in [2.24, 2.45) is 0 Å². The molecular weight excluding hydrogens is 188 g/mol. The summed E-state index contributed by atoms with van der Waals surface area (Å²) < 4.78 is 2.05. The standard InChI is InChI=1S/C7H12N4OS/c1-7(2,5(12)8-3)11-4-9-10-6(11)13/h4H,1-3H3,(H,8,12)(H,10,13). The lowest BCUT2D eigenvalue weighted by Gasteiger charge is -2.23. The number of carbonyl (C=O) groups is 1. The lowest BCUT2D eigenvalue weighted by Crippen LogP contribution is -2.42. The van der Waals surface area contributed by atoms with Gasteiger partial charge in [0.25, 0.3) is 0 Å². The van der Waals surface area contributed by atoms with Crippen LogP contribution in [-0.2, 0) is 10.3 Å². The highest BCUT2D eigenvalue weighted by Crippen LogP contribution is 2.14. The molecular formula is C7H12N4OS. The number of hydrogen-bond donors (Lipinski definition) is 2. The number of carbonyl (C=O) groups excluding carboxylic acids is 1. The Morgan fingerprint density at radius 3 is 2.77 bits per heavy atom. The summed E-state index contributed by atoms with van der Waals surface area (Å²) in [5.41, 5.74) is -0.709. The number of amides is 1. The first kappa shape index (κ1) is 9.91. The van der Waals surface area contributed by atoms with Crippen molar-refractivity contribution in [3.05, 3.63) is 11.1 Å². The number of rotatable bonds is 2. The van der Waals surface area contributed by atoms with Crippen molar-refractivity contribution >= 4 is 18.1 Å². The van der Waals surface area contributed by atoms with Gasteiger partial charge >= 0.3 is 0 Å². The topological polar surface area (TPSA) is 62.7 Å². The first-order chi connectivity index (χ1) is 6.00. The van der Waals surface area contributed by atoms with E-state index >= 15 is 0 Å². The van der Waals surface area contributed by atoms with Gasteiger partial charge in [-0.2, -0.15) is 5.10 Å². The third-order valence-corrected chi connectivity index (χ3v) is 2.23. The largest absolute Gasteiger partial charge is 0.357 e. The van der Waals surface area contributed by atoms with E-state index in [0.717, 1.165) is 0 Å². The van der Waals surface area contributed by atoms with Crippen LogP contribution in [0.15, 0.2) is 6.33 Å². The highest BCUT2D eigenvalue weighted by atomic mass is 32.1. The van der Waals surface area contributed by atoms with E-state index in [1.165, 1.54) is 6.33 Å². The monoisotopic (exact) mass is 200 g/mol. The molecule has 0 fully saturated rings. The van der Waals surface area contributed by atoms with Crippen molar-refractivity contribution in [1.82, 2.24) is 20.1 Å². The molecule has 0 aliphatic carbocycles. The zero-order valence-electron chi connectivity index (χ0n) is 7.79. The van der Waals surface area contributed by atoms with Gasteiger partial charge in [-0.05, 0) is 26.1 Å². The van der Waals surface area contributed by atoms with Gasteiger partial charge in [-0.25, -0.2) is 0 Å². The Kier molecular flexibility index (Phi) is 2.51. The predicted molar refractivity (Wildman–Crippen MR) is 50.8 cm³/mol. The quantitative estimate of drug-likeness (QED) is 0.680. The Balaban J connectivity index is 3.14. The van der Waals surface area contributed by atoms with Gasteiger partial charge in [0.2, 0.25) is 5.91 Å². The van der Waals surface area contributed by atoms with Crippen LogP contribution in [-0.4, -0.2) is 27.7 Å². The molecule has 2 N–H and O–H groups in total. The van der Waals surface area contributed by atoms with Crippen LogP contribution in [0.25, 0.3) is 0 Å². The molecule has 0 aliphatic rings. The van der Waals surface area contributed by atoms with Gasteiger partial charge in [0.1, 0.15) is 11.9 Å². The third-order valence-electron chi connectivity index (χ3n) is 1.94. The molecule has 1 rings (SSSR count). The van der Waals surface area contributed by atoms with E-state index in [1.807, 2.05) is 0 Å². The highest BCUT2D eigenvalue weighted by molar-refractivity contribution is 7.71. The van der Waals surface area contributed by atoms with Crippen LogP contribution in [0.2, 0.25) is 0 Å². The summed E-state index contributed by atoms with van der Waals surface area (Å²) in [5.74, 6) is -0.106. The number of nitrogens with zero attached hydrogens (tertiary/aromatic N) is 2. The maximum absolute atomic E-state index is 11.5. The second-order valence-electron chi connectivity index (χ2n) is 3.17. The van der Waals surface area contributed by atoms with E-state index in [9.17, 15) is 4.79 Å².